The van der Waals surface area contributed by atoms with E-state index >= 15 is 0 Å². The van der Waals surface area contributed by atoms with Gasteiger partial charge >= 0.3 is 6.18 Å². The zero-order chi connectivity index (χ0) is 17.0. The van der Waals surface area contributed by atoms with Crippen molar-refractivity contribution in [2.75, 3.05) is 5.32 Å². The second-order valence-electron chi connectivity index (χ2n) is 5.24. The molecule has 4 nitrogen and oxygen atoms in total. The molecule has 0 spiro atoms. The second kappa shape index (κ2) is 7.14. The average molecular weight is 345 g/mol. The standard InChI is InChI=1S/C15H16ClF3N4/c1-9(2)20-7-10-8-21-14(23-13(10)15(17,18)19)22-12-5-3-4-11(16)6-12/h3-6,8-9,20H,7H2,1-2H3,(H,21,22,23). The predicted molar refractivity (Wildman–Crippen MR) is 83.7 cm³/mol. The molecule has 0 saturated carbocycles. The number of benzene rings is 1. The maximum Gasteiger partial charge on any atom is 0.433 e. The van der Waals surface area contributed by atoms with E-state index in [2.05, 4.69) is 20.6 Å². The largest absolute Gasteiger partial charge is 0.433 e. The van der Waals surface area contributed by atoms with Crippen LogP contribution >= 0.6 is 11.6 Å². The molecule has 0 radical (unpaired) electrons. The molecule has 8 heteroatoms. The van der Waals surface area contributed by atoms with Crippen LogP contribution in [0.4, 0.5) is 24.8 Å². The third-order valence-electron chi connectivity index (χ3n) is 2.91. The van der Waals surface area contributed by atoms with Gasteiger partial charge in [0.05, 0.1) is 0 Å². The number of nitrogens with one attached hydrogen (secondary N) is 2. The molecule has 124 valence electrons. The quantitative estimate of drug-likeness (QED) is 0.844. The third-order valence-corrected chi connectivity index (χ3v) is 3.15. The van der Waals surface area contributed by atoms with E-state index in [0.29, 0.717) is 10.7 Å². The van der Waals surface area contributed by atoms with Gasteiger partial charge in [0.25, 0.3) is 0 Å². The summed E-state index contributed by atoms with van der Waals surface area (Å²) in [6.07, 6.45) is -3.38. The van der Waals surface area contributed by atoms with E-state index < -0.39 is 11.9 Å². The molecule has 23 heavy (non-hydrogen) atoms. The Morgan fingerprint density at radius 2 is 2.00 bits per heavy atom. The second-order valence-corrected chi connectivity index (χ2v) is 5.67. The number of hydrogen-bond donors (Lipinski definition) is 2. The van der Waals surface area contributed by atoms with Gasteiger partial charge in [-0.2, -0.15) is 13.2 Å². The first-order valence-corrected chi connectivity index (χ1v) is 7.32. The van der Waals surface area contributed by atoms with E-state index in [1.807, 2.05) is 13.8 Å². The normalized spacial score (nSPS) is 11.8. The molecule has 2 aromatic rings. The van der Waals surface area contributed by atoms with Crippen LogP contribution in [0.2, 0.25) is 5.02 Å². The van der Waals surface area contributed by atoms with E-state index in [1.165, 1.54) is 6.20 Å². The lowest BCUT2D eigenvalue weighted by atomic mass is 10.2. The first-order chi connectivity index (χ1) is 10.8. The summed E-state index contributed by atoms with van der Waals surface area (Å²) in [6.45, 7) is 3.75. The van der Waals surface area contributed by atoms with Gasteiger partial charge in [0.2, 0.25) is 5.95 Å². The maximum atomic E-state index is 13.2. The summed E-state index contributed by atoms with van der Waals surface area (Å²) in [5, 5.41) is 6.12. The van der Waals surface area contributed by atoms with Crippen LogP contribution in [0.1, 0.15) is 25.1 Å². The van der Waals surface area contributed by atoms with Crippen molar-refractivity contribution in [2.45, 2.75) is 32.6 Å². The zero-order valence-corrected chi connectivity index (χ0v) is 13.3. The van der Waals surface area contributed by atoms with Gasteiger partial charge in [-0.3, -0.25) is 0 Å². The smallest absolute Gasteiger partial charge is 0.324 e. The summed E-state index contributed by atoms with van der Waals surface area (Å²) in [5.41, 5.74) is -0.438. The molecule has 0 unspecified atom stereocenters. The minimum atomic E-state index is -4.55. The first kappa shape index (κ1) is 17.5. The van der Waals surface area contributed by atoms with Crippen molar-refractivity contribution >= 4 is 23.2 Å². The number of hydrogen-bond acceptors (Lipinski definition) is 4. The van der Waals surface area contributed by atoms with E-state index in [4.69, 9.17) is 11.6 Å². The van der Waals surface area contributed by atoms with E-state index in [9.17, 15) is 13.2 Å². The van der Waals surface area contributed by atoms with Gasteiger partial charge in [-0.05, 0) is 18.2 Å². The molecule has 0 amide bonds. The van der Waals surface area contributed by atoms with Crippen LogP contribution in [0.25, 0.3) is 0 Å². The van der Waals surface area contributed by atoms with E-state index in [-0.39, 0.29) is 24.1 Å². The van der Waals surface area contributed by atoms with Gasteiger partial charge in [0.1, 0.15) is 0 Å². The highest BCUT2D eigenvalue weighted by molar-refractivity contribution is 6.30. The van der Waals surface area contributed by atoms with E-state index in [1.54, 1.807) is 24.3 Å². The molecular formula is C15H16ClF3N4. The number of halogens is 4. The number of alkyl halides is 3. The van der Waals surface area contributed by atoms with Crippen LogP contribution < -0.4 is 10.6 Å². The molecule has 1 heterocycles. The summed E-state index contributed by atoms with van der Waals surface area (Å²) < 4.78 is 39.6. The molecule has 1 aromatic carbocycles. The lowest BCUT2D eigenvalue weighted by Gasteiger charge is -2.15. The number of aromatic nitrogens is 2. The molecular weight excluding hydrogens is 329 g/mol. The monoisotopic (exact) mass is 344 g/mol. The van der Waals surface area contributed by atoms with Crippen LogP contribution in [0.5, 0.6) is 0 Å². The summed E-state index contributed by atoms with van der Waals surface area (Å²) in [6, 6.07) is 6.63. The number of rotatable bonds is 5. The Morgan fingerprint density at radius 3 is 2.61 bits per heavy atom. The summed E-state index contributed by atoms with van der Waals surface area (Å²) >= 11 is 5.84. The molecule has 0 aliphatic rings. The highest BCUT2D eigenvalue weighted by Gasteiger charge is 2.36. The molecule has 2 rings (SSSR count). The Labute approximate surface area is 137 Å². The molecule has 0 atom stereocenters. The van der Waals surface area contributed by atoms with Crippen LogP contribution in [0, 0.1) is 0 Å². The Morgan fingerprint density at radius 1 is 1.26 bits per heavy atom. The Balaban J connectivity index is 2.28. The van der Waals surface area contributed by atoms with E-state index in [0.717, 1.165) is 0 Å². The van der Waals surface area contributed by atoms with Crippen LogP contribution in [-0.4, -0.2) is 16.0 Å². The third kappa shape index (κ3) is 5.07. The lowest BCUT2D eigenvalue weighted by Crippen LogP contribution is -2.25. The fourth-order valence-corrected chi connectivity index (χ4v) is 2.04. The summed E-state index contributed by atoms with van der Waals surface area (Å²) in [7, 11) is 0. The average Bonchev–Trinajstić information content (AvgIpc) is 2.45. The summed E-state index contributed by atoms with van der Waals surface area (Å²) in [5.74, 6) is -0.132. The fourth-order valence-electron chi connectivity index (χ4n) is 1.85. The molecule has 0 bridgehead atoms. The highest BCUT2D eigenvalue weighted by atomic mass is 35.5. The van der Waals surface area contributed by atoms with Crippen molar-refractivity contribution in [3.63, 3.8) is 0 Å². The van der Waals surface area contributed by atoms with Crippen molar-refractivity contribution in [2.24, 2.45) is 0 Å². The minimum Gasteiger partial charge on any atom is -0.324 e. The van der Waals surface area contributed by atoms with Crippen molar-refractivity contribution < 1.29 is 13.2 Å². The van der Waals surface area contributed by atoms with Crippen molar-refractivity contribution in [1.82, 2.24) is 15.3 Å². The summed E-state index contributed by atoms with van der Waals surface area (Å²) in [4.78, 5) is 7.57. The number of nitrogens with zero attached hydrogens (tertiary/aromatic N) is 2. The molecule has 0 aliphatic heterocycles. The maximum absolute atomic E-state index is 13.2. The zero-order valence-electron chi connectivity index (χ0n) is 12.6. The molecule has 0 aliphatic carbocycles. The van der Waals surface area contributed by atoms with Crippen molar-refractivity contribution in [3.05, 3.63) is 46.7 Å². The van der Waals surface area contributed by atoms with Gasteiger partial charge < -0.3 is 10.6 Å². The first-order valence-electron chi connectivity index (χ1n) is 6.95. The van der Waals surface area contributed by atoms with Crippen LogP contribution in [0.15, 0.2) is 30.5 Å². The lowest BCUT2D eigenvalue weighted by molar-refractivity contribution is -0.141. The fraction of sp³-hybridized carbons (Fsp3) is 0.333. The van der Waals surface area contributed by atoms with Gasteiger partial charge in [-0.1, -0.05) is 31.5 Å². The molecule has 1 aromatic heterocycles. The highest BCUT2D eigenvalue weighted by Crippen LogP contribution is 2.31. The van der Waals surface area contributed by atoms with Crippen LogP contribution in [-0.2, 0) is 12.7 Å². The molecule has 2 N–H and O–H groups in total. The van der Waals surface area contributed by atoms with Crippen molar-refractivity contribution in [3.8, 4) is 0 Å². The Hall–Kier alpha value is -1.86. The van der Waals surface area contributed by atoms with Gasteiger partial charge in [-0.15, -0.1) is 0 Å². The van der Waals surface area contributed by atoms with Gasteiger partial charge in [-0.25, -0.2) is 9.97 Å². The number of anilines is 2. The van der Waals surface area contributed by atoms with Gasteiger partial charge in [0, 0.05) is 35.1 Å². The predicted octanol–water partition coefficient (Wildman–Crippen LogP) is 4.39. The minimum absolute atomic E-state index is 0.00263. The van der Waals surface area contributed by atoms with Crippen molar-refractivity contribution in [1.29, 1.82) is 0 Å². The molecule has 0 saturated heterocycles. The molecule has 0 fully saturated rings. The SMILES string of the molecule is CC(C)NCc1cnc(Nc2cccc(Cl)c2)nc1C(F)(F)F. The Kier molecular flexibility index (Phi) is 5.43. The van der Waals surface area contributed by atoms with Crippen LogP contribution in [0.3, 0.4) is 0 Å². The van der Waals surface area contributed by atoms with Gasteiger partial charge in [0.15, 0.2) is 5.69 Å². The Bertz CT molecular complexity index is 674. The topological polar surface area (TPSA) is 49.8 Å².